The van der Waals surface area contributed by atoms with Crippen LogP contribution in [0.1, 0.15) is 47.2 Å². The van der Waals surface area contributed by atoms with Crippen LogP contribution < -0.4 is 5.32 Å². The molecule has 1 amide bonds. The van der Waals surface area contributed by atoms with Gasteiger partial charge in [0, 0.05) is 49.2 Å². The molecule has 7 heteroatoms. The highest BCUT2D eigenvalue weighted by molar-refractivity contribution is 6.31. The molecule has 33 heavy (non-hydrogen) atoms. The molecule has 4 rings (SSSR count). The lowest BCUT2D eigenvalue weighted by Crippen LogP contribution is -2.50. The zero-order valence-corrected chi connectivity index (χ0v) is 20.0. The summed E-state index contributed by atoms with van der Waals surface area (Å²) in [6.07, 6.45) is 9.54. The Morgan fingerprint density at radius 3 is 2.79 bits per heavy atom. The fourth-order valence-corrected chi connectivity index (χ4v) is 4.71. The van der Waals surface area contributed by atoms with Crippen molar-refractivity contribution in [1.82, 2.24) is 9.88 Å². The number of pyridine rings is 1. The van der Waals surface area contributed by atoms with Crippen molar-refractivity contribution in [2.45, 2.75) is 38.6 Å². The van der Waals surface area contributed by atoms with E-state index < -0.39 is 0 Å². The van der Waals surface area contributed by atoms with Gasteiger partial charge in [0.1, 0.15) is 5.82 Å². The lowest BCUT2D eigenvalue weighted by atomic mass is 9.87. The number of anilines is 1. The summed E-state index contributed by atoms with van der Waals surface area (Å²) in [4.78, 5) is 29.0. The third-order valence-electron chi connectivity index (χ3n) is 6.61. The molecule has 2 heterocycles. The fourth-order valence-electron chi connectivity index (χ4n) is 4.54. The Bertz CT molecular complexity index is 1090. The number of amides is 1. The quantitative estimate of drug-likeness (QED) is 0.474. The zero-order chi connectivity index (χ0) is 23.4. The van der Waals surface area contributed by atoms with Crippen LogP contribution in [0.5, 0.6) is 0 Å². The number of nitrogens with zero attached hydrogens (tertiary/aromatic N) is 4. The van der Waals surface area contributed by atoms with Crippen molar-refractivity contribution in [2.75, 3.05) is 25.5 Å². The molecule has 1 unspecified atom stereocenters. The van der Waals surface area contributed by atoms with Crippen molar-refractivity contribution < 1.29 is 4.79 Å². The van der Waals surface area contributed by atoms with E-state index in [1.165, 1.54) is 12.8 Å². The predicted molar refractivity (Wildman–Crippen MR) is 136 cm³/mol. The minimum absolute atomic E-state index is 0.0402. The number of carbonyl (C=O) groups is 1. The lowest BCUT2D eigenvalue weighted by Gasteiger charge is -2.40. The number of amidine groups is 1. The van der Waals surface area contributed by atoms with Gasteiger partial charge in [-0.25, -0.2) is 9.98 Å². The molecule has 1 aliphatic carbocycles. The topological polar surface area (TPSA) is 70.0 Å². The largest absolute Gasteiger partial charge is 0.368 e. The number of benzene rings is 1. The van der Waals surface area contributed by atoms with Crippen molar-refractivity contribution >= 4 is 35.4 Å². The van der Waals surface area contributed by atoms with Gasteiger partial charge in [0.15, 0.2) is 5.84 Å². The lowest BCUT2D eigenvalue weighted by molar-refractivity contribution is 0.0545. The Hall–Kier alpha value is -2.99. The van der Waals surface area contributed by atoms with Gasteiger partial charge in [-0.2, -0.15) is 0 Å². The highest BCUT2D eigenvalue weighted by Crippen LogP contribution is 2.55. The highest BCUT2D eigenvalue weighted by Gasteiger charge is 2.49. The summed E-state index contributed by atoms with van der Waals surface area (Å²) >= 11 is 6.31. The van der Waals surface area contributed by atoms with Crippen molar-refractivity contribution in [1.29, 1.82) is 0 Å². The molecule has 1 saturated heterocycles. The molecule has 172 valence electrons. The van der Waals surface area contributed by atoms with Gasteiger partial charge in [-0.1, -0.05) is 30.3 Å². The summed E-state index contributed by atoms with van der Waals surface area (Å²) in [6, 6.07) is 9.39. The number of carbonyl (C=O) groups excluding carboxylic acids is 1. The Labute approximate surface area is 200 Å². The van der Waals surface area contributed by atoms with Crippen LogP contribution in [0.15, 0.2) is 59.2 Å². The van der Waals surface area contributed by atoms with E-state index in [2.05, 4.69) is 26.9 Å². The van der Waals surface area contributed by atoms with E-state index in [1.807, 2.05) is 36.2 Å². The number of aryl methyl sites for hydroxylation is 1. The van der Waals surface area contributed by atoms with Crippen LogP contribution in [-0.2, 0) is 0 Å². The number of allylic oxidation sites excluding steroid dienone is 1. The van der Waals surface area contributed by atoms with E-state index in [0.717, 1.165) is 30.8 Å². The standard InChI is InChI=1S/C26H30ClN5O/c1-4-12-29-24(28-3)21-7-6-19(27)14-22(21)25(33)32-13-11-26(9-10-26)15-20(32)17-31-23-8-5-18(2)16-30-23/h4-8,12,14,16,20H,1,9-11,13,15,17H2,2-3H3,(H,30,31). The molecule has 1 spiro atoms. The molecule has 6 nitrogen and oxygen atoms in total. The number of hydrogen-bond acceptors (Lipinski definition) is 4. The summed E-state index contributed by atoms with van der Waals surface area (Å²) in [6.45, 7) is 7.08. The first-order chi connectivity index (χ1) is 15.9. The maximum absolute atomic E-state index is 13.9. The molecular formula is C26H30ClN5O. The van der Waals surface area contributed by atoms with Gasteiger partial charge in [0.2, 0.25) is 0 Å². The minimum Gasteiger partial charge on any atom is -0.368 e. The number of aliphatic imine (C=N–C) groups is 2. The summed E-state index contributed by atoms with van der Waals surface area (Å²) < 4.78 is 0. The maximum Gasteiger partial charge on any atom is 0.254 e. The number of piperidine rings is 1. The highest BCUT2D eigenvalue weighted by atomic mass is 35.5. The molecule has 1 atom stereocenters. The molecule has 1 aliphatic heterocycles. The van der Waals surface area contributed by atoms with Crippen LogP contribution in [-0.4, -0.2) is 54.0 Å². The Morgan fingerprint density at radius 1 is 1.30 bits per heavy atom. The number of likely N-dealkylation sites (tertiary alicyclic amines) is 1. The Morgan fingerprint density at radius 2 is 2.12 bits per heavy atom. The zero-order valence-electron chi connectivity index (χ0n) is 19.2. The molecule has 1 saturated carbocycles. The summed E-state index contributed by atoms with van der Waals surface area (Å²) in [5.74, 6) is 1.26. The van der Waals surface area contributed by atoms with Gasteiger partial charge in [-0.15, -0.1) is 0 Å². The third kappa shape index (κ3) is 5.33. The van der Waals surface area contributed by atoms with E-state index in [9.17, 15) is 4.79 Å². The summed E-state index contributed by atoms with van der Waals surface area (Å²) in [5, 5.41) is 3.96. The van der Waals surface area contributed by atoms with Gasteiger partial charge in [0.25, 0.3) is 5.91 Å². The first-order valence-corrected chi connectivity index (χ1v) is 11.7. The van der Waals surface area contributed by atoms with Crippen LogP contribution in [0.2, 0.25) is 5.02 Å². The molecule has 1 aromatic heterocycles. The van der Waals surface area contributed by atoms with Crippen molar-refractivity contribution in [3.63, 3.8) is 0 Å². The second-order valence-corrected chi connectivity index (χ2v) is 9.40. The van der Waals surface area contributed by atoms with E-state index in [4.69, 9.17) is 11.6 Å². The molecular weight excluding hydrogens is 434 g/mol. The monoisotopic (exact) mass is 463 g/mol. The molecule has 1 aromatic carbocycles. The van der Waals surface area contributed by atoms with Crippen LogP contribution >= 0.6 is 11.6 Å². The van der Waals surface area contributed by atoms with Gasteiger partial charge in [-0.05, 0) is 67.9 Å². The number of rotatable bonds is 6. The Kier molecular flexibility index (Phi) is 6.94. The van der Waals surface area contributed by atoms with Crippen molar-refractivity contribution in [2.24, 2.45) is 15.4 Å². The average molecular weight is 464 g/mol. The van der Waals surface area contributed by atoms with E-state index in [1.54, 1.807) is 31.5 Å². The van der Waals surface area contributed by atoms with Crippen LogP contribution in [0.4, 0.5) is 5.82 Å². The summed E-state index contributed by atoms with van der Waals surface area (Å²) in [5.41, 5.74) is 2.71. The number of nitrogens with one attached hydrogen (secondary N) is 1. The van der Waals surface area contributed by atoms with Crippen LogP contribution in [0, 0.1) is 12.3 Å². The maximum atomic E-state index is 13.9. The van der Waals surface area contributed by atoms with Gasteiger partial charge in [0.05, 0.1) is 5.56 Å². The van der Waals surface area contributed by atoms with Gasteiger partial charge in [-0.3, -0.25) is 9.79 Å². The van der Waals surface area contributed by atoms with Crippen molar-refractivity contribution in [3.8, 4) is 0 Å². The van der Waals surface area contributed by atoms with Gasteiger partial charge < -0.3 is 10.2 Å². The van der Waals surface area contributed by atoms with E-state index in [-0.39, 0.29) is 11.9 Å². The first kappa shape index (κ1) is 23.2. The van der Waals surface area contributed by atoms with E-state index in [0.29, 0.717) is 33.9 Å². The van der Waals surface area contributed by atoms with Crippen molar-refractivity contribution in [3.05, 3.63) is 70.9 Å². The number of aromatic nitrogens is 1. The SMILES string of the molecule is C=CC=NC(=NC)c1ccc(Cl)cc1C(=O)N1CCC2(CC2)CC1CNc1ccc(C)cn1. The third-order valence-corrected chi connectivity index (χ3v) is 6.84. The molecule has 1 N–H and O–H groups in total. The number of halogens is 1. The minimum atomic E-state index is -0.0402. The average Bonchev–Trinajstić information content (AvgIpc) is 3.58. The normalized spacial score (nSPS) is 19.7. The second kappa shape index (κ2) is 9.87. The Balaban J connectivity index is 1.61. The number of hydrogen-bond donors (Lipinski definition) is 1. The second-order valence-electron chi connectivity index (χ2n) is 8.96. The molecule has 0 radical (unpaired) electrons. The smallest absolute Gasteiger partial charge is 0.254 e. The van der Waals surface area contributed by atoms with Crippen LogP contribution in [0.3, 0.4) is 0 Å². The fraction of sp³-hybridized carbons (Fsp3) is 0.385. The van der Waals surface area contributed by atoms with Gasteiger partial charge >= 0.3 is 0 Å². The van der Waals surface area contributed by atoms with Crippen LogP contribution in [0.25, 0.3) is 0 Å². The predicted octanol–water partition coefficient (Wildman–Crippen LogP) is 5.17. The molecule has 0 bridgehead atoms. The molecule has 2 aliphatic rings. The first-order valence-electron chi connectivity index (χ1n) is 11.3. The molecule has 2 fully saturated rings. The molecule has 2 aromatic rings. The summed E-state index contributed by atoms with van der Waals surface area (Å²) in [7, 11) is 1.66. The van der Waals surface area contributed by atoms with E-state index >= 15 is 0 Å².